The highest BCUT2D eigenvalue weighted by atomic mass is 15.1. The Hall–Kier alpha value is -3.61. The van der Waals surface area contributed by atoms with Gasteiger partial charge in [0.1, 0.15) is 0 Å². The quantitative estimate of drug-likeness (QED) is 0.364. The molecule has 3 aromatic carbocycles. The fraction of sp³-hybridized carbons (Fsp3) is 0.179. The van der Waals surface area contributed by atoms with Gasteiger partial charge in [-0.25, -0.2) is 0 Å². The zero-order valence-corrected chi connectivity index (χ0v) is 17.9. The van der Waals surface area contributed by atoms with E-state index in [1.165, 1.54) is 27.9 Å². The van der Waals surface area contributed by atoms with Crippen LogP contribution in [-0.4, -0.2) is 9.47 Å². The van der Waals surface area contributed by atoms with Gasteiger partial charge >= 0.3 is 0 Å². The van der Waals surface area contributed by atoms with Crippen molar-refractivity contribution in [1.82, 2.24) is 9.47 Å². The van der Waals surface area contributed by atoms with Gasteiger partial charge in [0.2, 0.25) is 0 Å². The van der Waals surface area contributed by atoms with Crippen molar-refractivity contribution >= 4 is 0 Å². The maximum absolute atomic E-state index is 9.08. The molecule has 0 fully saturated rings. The highest BCUT2D eigenvalue weighted by Crippen LogP contribution is 2.17. The van der Waals surface area contributed by atoms with Gasteiger partial charge in [0.05, 0.1) is 11.6 Å². The molecule has 0 atom stereocenters. The van der Waals surface area contributed by atoms with E-state index in [0.29, 0.717) is 5.56 Å². The molecule has 154 valence electrons. The number of aromatic nitrogens is 1. The van der Waals surface area contributed by atoms with Crippen LogP contribution < -0.4 is 0 Å². The Morgan fingerprint density at radius 1 is 0.742 bits per heavy atom. The second-order valence-electron chi connectivity index (χ2n) is 8.06. The first-order chi connectivity index (χ1) is 15.2. The minimum atomic E-state index is 0.699. The fourth-order valence-electron chi connectivity index (χ4n) is 3.94. The Morgan fingerprint density at radius 2 is 1.45 bits per heavy atom. The number of benzene rings is 3. The van der Waals surface area contributed by atoms with Gasteiger partial charge in [-0.1, -0.05) is 72.3 Å². The summed E-state index contributed by atoms with van der Waals surface area (Å²) in [6.45, 7) is 5.57. The summed E-state index contributed by atoms with van der Waals surface area (Å²) in [6.07, 6.45) is 2.17. The van der Waals surface area contributed by atoms with Gasteiger partial charge in [0.15, 0.2) is 0 Å². The number of hydrogen-bond donors (Lipinski definition) is 0. The Labute approximate surface area is 184 Å². The molecule has 4 rings (SSSR count). The Bertz CT molecular complexity index is 1150. The molecule has 31 heavy (non-hydrogen) atoms. The van der Waals surface area contributed by atoms with Crippen molar-refractivity contribution in [2.24, 2.45) is 0 Å². The van der Waals surface area contributed by atoms with E-state index in [1.807, 2.05) is 12.1 Å². The van der Waals surface area contributed by atoms with Crippen molar-refractivity contribution in [2.45, 2.75) is 33.1 Å². The summed E-state index contributed by atoms with van der Waals surface area (Å²) in [5.74, 6) is 0. The molecule has 0 bridgehead atoms. The molecule has 0 aliphatic heterocycles. The highest BCUT2D eigenvalue weighted by Gasteiger charge is 2.12. The molecule has 0 N–H and O–H groups in total. The average molecular weight is 406 g/mol. The second kappa shape index (κ2) is 9.93. The Morgan fingerprint density at radius 3 is 2.16 bits per heavy atom. The first-order valence-corrected chi connectivity index (χ1v) is 10.6. The monoisotopic (exact) mass is 405 g/mol. The maximum Gasteiger partial charge on any atom is 0.0991 e. The predicted molar refractivity (Wildman–Crippen MR) is 125 cm³/mol. The van der Waals surface area contributed by atoms with Gasteiger partial charge < -0.3 is 4.57 Å². The fourth-order valence-corrected chi connectivity index (χ4v) is 3.94. The van der Waals surface area contributed by atoms with E-state index >= 15 is 0 Å². The van der Waals surface area contributed by atoms with Gasteiger partial charge in [-0.15, -0.1) is 0 Å². The summed E-state index contributed by atoms with van der Waals surface area (Å²) >= 11 is 0. The van der Waals surface area contributed by atoms with Gasteiger partial charge in [-0.2, -0.15) is 5.26 Å². The first-order valence-electron chi connectivity index (χ1n) is 10.6. The van der Waals surface area contributed by atoms with Crippen LogP contribution >= 0.6 is 0 Å². The highest BCUT2D eigenvalue weighted by molar-refractivity contribution is 5.31. The second-order valence-corrected chi connectivity index (χ2v) is 8.06. The van der Waals surface area contributed by atoms with E-state index in [0.717, 1.165) is 26.2 Å². The van der Waals surface area contributed by atoms with Crippen molar-refractivity contribution in [2.75, 3.05) is 0 Å². The molecule has 0 aliphatic rings. The molecule has 3 nitrogen and oxygen atoms in total. The molecule has 1 heterocycles. The third-order valence-electron chi connectivity index (χ3n) is 5.48. The molecule has 0 amide bonds. The van der Waals surface area contributed by atoms with E-state index < -0.39 is 0 Å². The van der Waals surface area contributed by atoms with Crippen LogP contribution in [0.25, 0.3) is 0 Å². The standard InChI is InChI=1S/C28H27N3/c1-23-7-5-10-27(17-23)21-31-16-6-11-28(31)22-30(19-25-8-3-2-4-9-25)20-26-14-12-24(18-29)13-15-26/h2-17H,19-22H2,1H3. The molecule has 0 saturated carbocycles. The van der Waals surface area contributed by atoms with E-state index in [-0.39, 0.29) is 0 Å². The number of aryl methyl sites for hydroxylation is 1. The summed E-state index contributed by atoms with van der Waals surface area (Å²) in [7, 11) is 0. The van der Waals surface area contributed by atoms with Crippen LogP contribution in [0, 0.1) is 18.3 Å². The van der Waals surface area contributed by atoms with Gasteiger partial charge in [-0.05, 0) is 47.9 Å². The molecular formula is C28H27N3. The van der Waals surface area contributed by atoms with Crippen LogP contribution in [0.2, 0.25) is 0 Å². The SMILES string of the molecule is Cc1cccc(Cn2cccc2CN(Cc2ccccc2)Cc2ccc(C#N)cc2)c1. The van der Waals surface area contributed by atoms with Gasteiger partial charge in [0.25, 0.3) is 0 Å². The molecule has 0 radical (unpaired) electrons. The van der Waals surface area contributed by atoms with Gasteiger partial charge in [-0.3, -0.25) is 4.90 Å². The molecule has 0 unspecified atom stereocenters. The minimum Gasteiger partial charge on any atom is -0.346 e. The molecule has 0 spiro atoms. The zero-order chi connectivity index (χ0) is 21.5. The normalized spacial score (nSPS) is 10.9. The van der Waals surface area contributed by atoms with Crippen LogP contribution in [0.4, 0.5) is 0 Å². The van der Waals surface area contributed by atoms with E-state index in [9.17, 15) is 0 Å². The van der Waals surface area contributed by atoms with Gasteiger partial charge in [0, 0.05) is 38.1 Å². The Balaban J connectivity index is 1.54. The van der Waals surface area contributed by atoms with E-state index in [4.69, 9.17) is 5.26 Å². The largest absolute Gasteiger partial charge is 0.346 e. The zero-order valence-electron chi connectivity index (χ0n) is 17.9. The van der Waals surface area contributed by atoms with Crippen LogP contribution in [0.1, 0.15) is 33.5 Å². The minimum absolute atomic E-state index is 0.699. The van der Waals surface area contributed by atoms with E-state index in [1.54, 1.807) is 0 Å². The van der Waals surface area contributed by atoms with Crippen LogP contribution in [0.3, 0.4) is 0 Å². The summed E-state index contributed by atoms with van der Waals surface area (Å²) in [5, 5.41) is 9.08. The topological polar surface area (TPSA) is 32.0 Å². The molecule has 0 saturated heterocycles. The number of hydrogen-bond acceptors (Lipinski definition) is 2. The third-order valence-corrected chi connectivity index (χ3v) is 5.48. The van der Waals surface area contributed by atoms with Crippen molar-refractivity contribution in [1.29, 1.82) is 5.26 Å². The van der Waals surface area contributed by atoms with Crippen LogP contribution in [0.5, 0.6) is 0 Å². The lowest BCUT2D eigenvalue weighted by molar-refractivity contribution is 0.241. The lowest BCUT2D eigenvalue weighted by Crippen LogP contribution is -2.24. The summed E-state index contributed by atoms with van der Waals surface area (Å²) in [5.41, 5.74) is 7.12. The lowest BCUT2D eigenvalue weighted by Gasteiger charge is -2.24. The van der Waals surface area contributed by atoms with Crippen LogP contribution in [-0.2, 0) is 26.2 Å². The molecule has 0 aliphatic carbocycles. The van der Waals surface area contributed by atoms with Crippen molar-refractivity contribution in [3.05, 3.63) is 131 Å². The predicted octanol–water partition coefficient (Wildman–Crippen LogP) is 5.92. The number of rotatable bonds is 8. The van der Waals surface area contributed by atoms with Crippen LogP contribution in [0.15, 0.2) is 97.2 Å². The molecule has 3 heteroatoms. The maximum atomic E-state index is 9.08. The average Bonchev–Trinajstić information content (AvgIpc) is 3.21. The summed E-state index contributed by atoms with van der Waals surface area (Å²) in [6, 6.07) is 33.8. The van der Waals surface area contributed by atoms with E-state index in [2.05, 4.69) is 108 Å². The number of nitrogens with zero attached hydrogens (tertiary/aromatic N) is 3. The third kappa shape index (κ3) is 5.72. The summed E-state index contributed by atoms with van der Waals surface area (Å²) < 4.78 is 2.34. The van der Waals surface area contributed by atoms with Crippen molar-refractivity contribution < 1.29 is 0 Å². The lowest BCUT2D eigenvalue weighted by atomic mass is 10.1. The molecule has 4 aromatic rings. The smallest absolute Gasteiger partial charge is 0.0991 e. The molecular weight excluding hydrogens is 378 g/mol. The Kier molecular flexibility index (Phi) is 6.62. The first kappa shape index (κ1) is 20.7. The molecule has 1 aromatic heterocycles. The number of nitriles is 1. The van der Waals surface area contributed by atoms with Crippen molar-refractivity contribution in [3.63, 3.8) is 0 Å². The van der Waals surface area contributed by atoms with Crippen molar-refractivity contribution in [3.8, 4) is 6.07 Å². The summed E-state index contributed by atoms with van der Waals surface area (Å²) in [4.78, 5) is 2.46.